The molecule has 0 atom stereocenters. The Morgan fingerprint density at radius 2 is 1.86 bits per heavy atom. The summed E-state index contributed by atoms with van der Waals surface area (Å²) in [6, 6.07) is 5.55. The van der Waals surface area contributed by atoms with E-state index < -0.39 is 16.0 Å². The molecule has 0 saturated heterocycles. The fraction of sp³-hybridized carbons (Fsp3) is 0.500. The van der Waals surface area contributed by atoms with Gasteiger partial charge in [-0.15, -0.1) is 0 Å². The molecule has 1 aliphatic carbocycles. The maximum atomic E-state index is 12.0. The monoisotopic (exact) mass is 313 g/mol. The standard InChI is InChI=1S/C14H19NO5S/c1-2-19-14(16)11-7-9-13(10-8-11)21(17,18)15-20-12-5-3-4-6-12/h7-10,12,15H,2-6H2,1H3. The zero-order valence-corrected chi connectivity index (χ0v) is 12.7. The zero-order chi connectivity index (χ0) is 15.3. The molecule has 1 aromatic rings. The van der Waals surface area contributed by atoms with E-state index in [1.807, 2.05) is 0 Å². The van der Waals surface area contributed by atoms with E-state index in [1.165, 1.54) is 24.3 Å². The molecule has 0 bridgehead atoms. The third-order valence-corrected chi connectivity index (χ3v) is 4.51. The van der Waals surface area contributed by atoms with Crippen molar-refractivity contribution in [2.75, 3.05) is 6.61 Å². The highest BCUT2D eigenvalue weighted by molar-refractivity contribution is 7.89. The van der Waals surface area contributed by atoms with Crippen LogP contribution in [0.2, 0.25) is 0 Å². The Balaban J connectivity index is 2.00. The maximum absolute atomic E-state index is 12.0. The number of benzene rings is 1. The van der Waals surface area contributed by atoms with Crippen molar-refractivity contribution in [1.82, 2.24) is 4.89 Å². The molecule has 0 aliphatic heterocycles. The highest BCUT2D eigenvalue weighted by Gasteiger charge is 2.21. The van der Waals surface area contributed by atoms with Crippen LogP contribution in [0.1, 0.15) is 43.0 Å². The summed E-state index contributed by atoms with van der Waals surface area (Å²) in [5.41, 5.74) is 0.313. The van der Waals surface area contributed by atoms with Gasteiger partial charge in [-0.3, -0.25) is 4.84 Å². The van der Waals surface area contributed by atoms with Gasteiger partial charge in [0.2, 0.25) is 0 Å². The molecule has 0 aromatic heterocycles. The van der Waals surface area contributed by atoms with Crippen molar-refractivity contribution >= 4 is 16.0 Å². The lowest BCUT2D eigenvalue weighted by molar-refractivity contribution is 0.0223. The molecule has 1 aromatic carbocycles. The molecular weight excluding hydrogens is 294 g/mol. The summed E-state index contributed by atoms with van der Waals surface area (Å²) in [7, 11) is -3.73. The Bertz CT molecular complexity index is 576. The first-order valence-electron chi connectivity index (χ1n) is 6.97. The average molecular weight is 313 g/mol. The molecule has 0 amide bonds. The number of sulfonamides is 1. The quantitative estimate of drug-likeness (QED) is 0.642. The lowest BCUT2D eigenvalue weighted by Gasteiger charge is -2.12. The number of hydrogen-bond acceptors (Lipinski definition) is 5. The van der Waals surface area contributed by atoms with Crippen LogP contribution in [0.5, 0.6) is 0 Å². The summed E-state index contributed by atoms with van der Waals surface area (Å²) < 4.78 is 28.9. The van der Waals surface area contributed by atoms with Gasteiger partial charge >= 0.3 is 5.97 Å². The fourth-order valence-electron chi connectivity index (χ4n) is 2.17. The highest BCUT2D eigenvalue weighted by atomic mass is 32.2. The van der Waals surface area contributed by atoms with Crippen molar-refractivity contribution < 1.29 is 22.8 Å². The van der Waals surface area contributed by atoms with E-state index >= 15 is 0 Å². The second-order valence-corrected chi connectivity index (χ2v) is 6.50. The smallest absolute Gasteiger partial charge is 0.338 e. The molecule has 2 rings (SSSR count). The van der Waals surface area contributed by atoms with Crippen molar-refractivity contribution in [3.05, 3.63) is 29.8 Å². The maximum Gasteiger partial charge on any atom is 0.338 e. The number of esters is 1. The van der Waals surface area contributed by atoms with E-state index in [0.717, 1.165) is 25.7 Å². The molecular formula is C14H19NO5S. The van der Waals surface area contributed by atoms with Crippen LogP contribution in [0.25, 0.3) is 0 Å². The minimum Gasteiger partial charge on any atom is -0.462 e. The van der Waals surface area contributed by atoms with Crippen LogP contribution in [0, 0.1) is 0 Å². The van der Waals surface area contributed by atoms with Gasteiger partial charge in [0.25, 0.3) is 10.0 Å². The Morgan fingerprint density at radius 3 is 2.43 bits per heavy atom. The van der Waals surface area contributed by atoms with Crippen LogP contribution < -0.4 is 4.89 Å². The van der Waals surface area contributed by atoms with Gasteiger partial charge in [-0.2, -0.15) is 0 Å². The molecule has 0 radical (unpaired) electrons. The number of hydrogen-bond donors (Lipinski definition) is 1. The second kappa shape index (κ2) is 7.02. The van der Waals surface area contributed by atoms with Crippen LogP contribution in [-0.4, -0.2) is 27.1 Å². The number of ether oxygens (including phenoxy) is 1. The van der Waals surface area contributed by atoms with E-state index in [-0.39, 0.29) is 17.6 Å². The van der Waals surface area contributed by atoms with Crippen molar-refractivity contribution in [3.8, 4) is 0 Å². The summed E-state index contributed by atoms with van der Waals surface area (Å²) in [6.45, 7) is 1.98. The van der Waals surface area contributed by atoms with E-state index in [0.29, 0.717) is 5.56 Å². The zero-order valence-electron chi connectivity index (χ0n) is 11.9. The molecule has 116 valence electrons. The van der Waals surface area contributed by atoms with Crippen LogP contribution in [0.15, 0.2) is 29.2 Å². The highest BCUT2D eigenvalue weighted by Crippen LogP contribution is 2.21. The summed E-state index contributed by atoms with van der Waals surface area (Å²) in [5.74, 6) is -0.475. The minimum absolute atomic E-state index is 0.0496. The Morgan fingerprint density at radius 1 is 1.24 bits per heavy atom. The van der Waals surface area contributed by atoms with Crippen molar-refractivity contribution in [2.45, 2.75) is 43.6 Å². The molecule has 0 unspecified atom stereocenters. The number of carbonyl (C=O) groups excluding carboxylic acids is 1. The van der Waals surface area contributed by atoms with Crippen LogP contribution in [0.4, 0.5) is 0 Å². The van der Waals surface area contributed by atoms with E-state index in [2.05, 4.69) is 4.89 Å². The van der Waals surface area contributed by atoms with E-state index in [1.54, 1.807) is 6.92 Å². The lowest BCUT2D eigenvalue weighted by Crippen LogP contribution is -2.28. The summed E-state index contributed by atoms with van der Waals surface area (Å²) in [5, 5.41) is 0. The summed E-state index contributed by atoms with van der Waals surface area (Å²) in [6.07, 6.45) is 3.79. The molecule has 1 saturated carbocycles. The molecule has 0 spiro atoms. The second-order valence-electron chi connectivity index (χ2n) is 4.86. The predicted molar refractivity (Wildman–Crippen MR) is 76.1 cm³/mol. The van der Waals surface area contributed by atoms with Gasteiger partial charge in [0.15, 0.2) is 0 Å². The Kier molecular flexibility index (Phi) is 5.33. The van der Waals surface area contributed by atoms with Crippen molar-refractivity contribution in [2.24, 2.45) is 0 Å². The van der Waals surface area contributed by atoms with Gasteiger partial charge in [0.05, 0.1) is 23.2 Å². The van der Waals surface area contributed by atoms with Gasteiger partial charge in [-0.25, -0.2) is 13.2 Å². The number of nitrogens with one attached hydrogen (secondary N) is 1. The average Bonchev–Trinajstić information content (AvgIpc) is 2.99. The third-order valence-electron chi connectivity index (χ3n) is 3.30. The van der Waals surface area contributed by atoms with Gasteiger partial charge < -0.3 is 4.74 Å². The van der Waals surface area contributed by atoms with Crippen LogP contribution >= 0.6 is 0 Å². The van der Waals surface area contributed by atoms with Crippen molar-refractivity contribution in [3.63, 3.8) is 0 Å². The predicted octanol–water partition coefficient (Wildman–Crippen LogP) is 2.02. The molecule has 1 aliphatic rings. The Hall–Kier alpha value is -1.44. The molecule has 21 heavy (non-hydrogen) atoms. The van der Waals surface area contributed by atoms with Gasteiger partial charge in [0, 0.05) is 0 Å². The van der Waals surface area contributed by atoms with Crippen molar-refractivity contribution in [1.29, 1.82) is 0 Å². The van der Waals surface area contributed by atoms with Gasteiger partial charge in [-0.1, -0.05) is 17.7 Å². The molecule has 7 heteroatoms. The van der Waals surface area contributed by atoms with E-state index in [9.17, 15) is 13.2 Å². The fourth-order valence-corrected chi connectivity index (χ4v) is 3.02. The topological polar surface area (TPSA) is 81.7 Å². The number of rotatable bonds is 6. The van der Waals surface area contributed by atoms with Crippen LogP contribution in [-0.2, 0) is 19.6 Å². The van der Waals surface area contributed by atoms with Crippen LogP contribution in [0.3, 0.4) is 0 Å². The van der Waals surface area contributed by atoms with Gasteiger partial charge in [-0.05, 0) is 44.0 Å². The summed E-state index contributed by atoms with van der Waals surface area (Å²) >= 11 is 0. The van der Waals surface area contributed by atoms with Gasteiger partial charge in [0.1, 0.15) is 0 Å². The largest absolute Gasteiger partial charge is 0.462 e. The first kappa shape index (κ1) is 15.9. The summed E-state index contributed by atoms with van der Waals surface area (Å²) in [4.78, 5) is 18.9. The lowest BCUT2D eigenvalue weighted by atomic mass is 10.2. The minimum atomic E-state index is -3.73. The Labute approximate surface area is 124 Å². The SMILES string of the molecule is CCOC(=O)c1ccc(S(=O)(=O)NOC2CCCC2)cc1. The number of carbonyl (C=O) groups is 1. The molecule has 1 fully saturated rings. The third kappa shape index (κ3) is 4.26. The normalized spacial score (nSPS) is 16.0. The first-order valence-corrected chi connectivity index (χ1v) is 8.46. The molecule has 6 nitrogen and oxygen atoms in total. The molecule has 1 N–H and O–H groups in total. The van der Waals surface area contributed by atoms with E-state index in [4.69, 9.17) is 9.57 Å². The first-order chi connectivity index (χ1) is 10.0. The molecule has 0 heterocycles.